The number of rotatable bonds is 13. The number of hydrogen-bond acceptors (Lipinski definition) is 7. The number of sulfonamides is 1. The van der Waals surface area contributed by atoms with Crippen molar-refractivity contribution >= 4 is 44.9 Å². The van der Waals surface area contributed by atoms with Crippen LogP contribution in [-0.4, -0.2) is 86.2 Å². The fourth-order valence-electron chi connectivity index (χ4n) is 5.95. The summed E-state index contributed by atoms with van der Waals surface area (Å²) in [7, 11) is -4.24. The zero-order valence-corrected chi connectivity index (χ0v) is 25.2. The molecule has 1 saturated carbocycles. The Morgan fingerprint density at radius 2 is 1.72 bits per heavy atom. The molecule has 0 bridgehead atoms. The van der Waals surface area contributed by atoms with Crippen LogP contribution >= 0.6 is 0 Å². The van der Waals surface area contributed by atoms with Gasteiger partial charge in [0.15, 0.2) is 0 Å². The molecular formula is C30H42N6O6S. The van der Waals surface area contributed by atoms with E-state index in [2.05, 4.69) is 15.1 Å². The van der Waals surface area contributed by atoms with E-state index in [0.717, 1.165) is 63.4 Å². The molecule has 2 fully saturated rings. The van der Waals surface area contributed by atoms with Gasteiger partial charge >= 0.3 is 5.97 Å². The highest BCUT2D eigenvalue weighted by atomic mass is 32.2. The van der Waals surface area contributed by atoms with Crippen molar-refractivity contribution in [3.63, 3.8) is 0 Å². The standard InChI is InChI=1S/C30H42N6O6S/c31-33-21-35-14-12-22(13-15-35)18-32-28(37)17-27(30(40)36(20-29(38)39)19-23-6-2-1-3-7-23)34-43(41,42)26-11-10-24-8-4-5-9-25(24)16-26/h4-5,8-11,16,21-23,27,34H,1-3,6-7,12-15,17-20,31H2,(H,32,37)(H,38,39)/t27-/m0/s1. The number of nitrogens with two attached hydrogens (primary N) is 1. The summed E-state index contributed by atoms with van der Waals surface area (Å²) in [6, 6.07) is 10.5. The normalized spacial score (nSPS) is 17.6. The molecule has 0 aromatic heterocycles. The number of amides is 2. The molecule has 2 aromatic rings. The highest BCUT2D eigenvalue weighted by Crippen LogP contribution is 2.25. The van der Waals surface area contributed by atoms with Crippen molar-refractivity contribution in [1.82, 2.24) is 19.8 Å². The summed E-state index contributed by atoms with van der Waals surface area (Å²) in [6.07, 6.45) is 7.59. The van der Waals surface area contributed by atoms with E-state index in [9.17, 15) is 27.9 Å². The zero-order valence-electron chi connectivity index (χ0n) is 24.4. The van der Waals surface area contributed by atoms with Crippen molar-refractivity contribution in [3.05, 3.63) is 42.5 Å². The first kappa shape index (κ1) is 32.2. The van der Waals surface area contributed by atoms with Gasteiger partial charge in [-0.2, -0.15) is 9.82 Å². The van der Waals surface area contributed by atoms with Gasteiger partial charge in [-0.1, -0.05) is 49.6 Å². The van der Waals surface area contributed by atoms with E-state index >= 15 is 0 Å². The third-order valence-corrected chi connectivity index (χ3v) is 9.79. The van der Waals surface area contributed by atoms with Crippen LogP contribution in [0.3, 0.4) is 0 Å². The van der Waals surface area contributed by atoms with Crippen molar-refractivity contribution < 1.29 is 27.9 Å². The average molecular weight is 615 g/mol. The third-order valence-electron chi connectivity index (χ3n) is 8.32. The lowest BCUT2D eigenvalue weighted by atomic mass is 9.89. The monoisotopic (exact) mass is 614 g/mol. The van der Waals surface area contributed by atoms with Gasteiger partial charge in [-0.05, 0) is 60.4 Å². The van der Waals surface area contributed by atoms with Crippen LogP contribution in [0.15, 0.2) is 52.5 Å². The fraction of sp³-hybridized carbons (Fsp3) is 0.533. The molecule has 5 N–H and O–H groups in total. The minimum Gasteiger partial charge on any atom is -0.480 e. The molecule has 0 radical (unpaired) electrons. The number of aliphatic carboxylic acids is 1. The predicted molar refractivity (Wildman–Crippen MR) is 163 cm³/mol. The van der Waals surface area contributed by atoms with Crippen LogP contribution < -0.4 is 15.9 Å². The van der Waals surface area contributed by atoms with Crippen molar-refractivity contribution in [2.45, 2.75) is 62.3 Å². The molecule has 2 aromatic carbocycles. The maximum Gasteiger partial charge on any atom is 0.323 e. The minimum atomic E-state index is -4.24. The molecule has 1 saturated heterocycles. The lowest BCUT2D eigenvalue weighted by Crippen LogP contribution is -2.52. The summed E-state index contributed by atoms with van der Waals surface area (Å²) in [6.45, 7) is 1.51. The van der Waals surface area contributed by atoms with Gasteiger partial charge in [0.1, 0.15) is 18.9 Å². The van der Waals surface area contributed by atoms with Gasteiger partial charge in [0.25, 0.3) is 0 Å². The summed E-state index contributed by atoms with van der Waals surface area (Å²) >= 11 is 0. The molecule has 1 aliphatic carbocycles. The van der Waals surface area contributed by atoms with Crippen LogP contribution in [-0.2, 0) is 24.4 Å². The molecule has 1 atom stereocenters. The number of carboxylic acids is 1. The molecule has 2 amide bonds. The molecule has 12 nitrogen and oxygen atoms in total. The Labute approximate surface area is 252 Å². The van der Waals surface area contributed by atoms with Crippen LogP contribution in [0, 0.1) is 11.8 Å². The lowest BCUT2D eigenvalue weighted by molar-refractivity contribution is -0.146. The van der Waals surface area contributed by atoms with Gasteiger partial charge in [-0.15, -0.1) is 0 Å². The molecular weight excluding hydrogens is 572 g/mol. The van der Waals surface area contributed by atoms with Gasteiger partial charge in [-0.3, -0.25) is 14.4 Å². The van der Waals surface area contributed by atoms with Gasteiger partial charge in [0, 0.05) is 26.2 Å². The number of nitrogens with one attached hydrogen (secondary N) is 2. The van der Waals surface area contributed by atoms with Gasteiger partial charge < -0.3 is 26.1 Å². The molecule has 234 valence electrons. The van der Waals surface area contributed by atoms with Crippen LogP contribution in [0.25, 0.3) is 10.8 Å². The van der Waals surface area contributed by atoms with E-state index in [0.29, 0.717) is 11.9 Å². The zero-order chi connectivity index (χ0) is 30.8. The number of piperidine rings is 1. The molecule has 13 heteroatoms. The van der Waals surface area contributed by atoms with E-state index < -0.39 is 46.8 Å². The minimum absolute atomic E-state index is 0.0470. The topological polar surface area (TPSA) is 174 Å². The van der Waals surface area contributed by atoms with Gasteiger partial charge in [-0.25, -0.2) is 8.42 Å². The highest BCUT2D eigenvalue weighted by Gasteiger charge is 2.34. The Morgan fingerprint density at radius 1 is 1.02 bits per heavy atom. The average Bonchev–Trinajstić information content (AvgIpc) is 3.00. The molecule has 1 heterocycles. The predicted octanol–water partition coefficient (Wildman–Crippen LogP) is 2.10. The van der Waals surface area contributed by atoms with E-state index in [-0.39, 0.29) is 23.3 Å². The second-order valence-corrected chi connectivity index (χ2v) is 13.3. The quantitative estimate of drug-likeness (QED) is 0.115. The first-order chi connectivity index (χ1) is 20.6. The number of likely N-dealkylation sites (tertiary alicyclic amines) is 1. The first-order valence-corrected chi connectivity index (χ1v) is 16.4. The molecule has 43 heavy (non-hydrogen) atoms. The van der Waals surface area contributed by atoms with Crippen LogP contribution in [0.1, 0.15) is 51.4 Å². The smallest absolute Gasteiger partial charge is 0.323 e. The Morgan fingerprint density at radius 3 is 2.40 bits per heavy atom. The summed E-state index contributed by atoms with van der Waals surface area (Å²) in [4.78, 5) is 41.8. The number of carbonyl (C=O) groups excluding carboxylic acids is 2. The number of carbonyl (C=O) groups is 3. The third kappa shape index (κ3) is 9.39. The van der Waals surface area contributed by atoms with Crippen molar-refractivity contribution in [2.24, 2.45) is 22.8 Å². The molecule has 4 rings (SSSR count). The maximum absolute atomic E-state index is 13.8. The summed E-state index contributed by atoms with van der Waals surface area (Å²) in [5.41, 5.74) is 0. The Balaban J connectivity index is 1.51. The Bertz CT molecular complexity index is 1400. The Kier molecular flexibility index (Phi) is 11.3. The Hall–Kier alpha value is -3.71. The maximum atomic E-state index is 13.8. The number of fused-ring (bicyclic) bond motifs is 1. The molecule has 2 aliphatic rings. The largest absolute Gasteiger partial charge is 0.480 e. The number of nitrogens with zero attached hydrogens (tertiary/aromatic N) is 3. The first-order valence-electron chi connectivity index (χ1n) is 14.9. The van der Waals surface area contributed by atoms with E-state index in [1.165, 1.54) is 17.0 Å². The summed E-state index contributed by atoms with van der Waals surface area (Å²) in [5, 5.41) is 17.6. The van der Waals surface area contributed by atoms with Crippen molar-refractivity contribution in [2.75, 3.05) is 32.7 Å². The number of hydrogen-bond donors (Lipinski definition) is 4. The fourth-order valence-corrected chi connectivity index (χ4v) is 7.17. The lowest BCUT2D eigenvalue weighted by Gasteiger charge is -2.32. The van der Waals surface area contributed by atoms with Gasteiger partial charge in [0.05, 0.1) is 11.3 Å². The van der Waals surface area contributed by atoms with E-state index in [4.69, 9.17) is 5.84 Å². The van der Waals surface area contributed by atoms with Crippen molar-refractivity contribution in [3.8, 4) is 0 Å². The van der Waals surface area contributed by atoms with Crippen LogP contribution in [0.4, 0.5) is 0 Å². The number of benzene rings is 2. The van der Waals surface area contributed by atoms with Crippen LogP contribution in [0.2, 0.25) is 0 Å². The second kappa shape index (κ2) is 15.1. The number of hydrazone groups is 1. The summed E-state index contributed by atoms with van der Waals surface area (Å²) in [5.74, 6) is 3.16. The second-order valence-electron chi connectivity index (χ2n) is 11.6. The van der Waals surface area contributed by atoms with E-state index in [1.54, 1.807) is 24.5 Å². The SMILES string of the molecule is NN=CN1CCC(CNC(=O)C[C@H](NS(=O)(=O)c2ccc3ccccc3c2)C(=O)N(CC(=O)O)CC2CCCCC2)CC1. The van der Waals surface area contributed by atoms with Crippen LogP contribution in [0.5, 0.6) is 0 Å². The molecule has 0 unspecified atom stereocenters. The summed E-state index contributed by atoms with van der Waals surface area (Å²) < 4.78 is 29.5. The molecule has 0 spiro atoms. The van der Waals surface area contributed by atoms with E-state index in [1.807, 2.05) is 17.0 Å². The molecule has 1 aliphatic heterocycles. The highest BCUT2D eigenvalue weighted by molar-refractivity contribution is 7.89. The van der Waals surface area contributed by atoms with Crippen molar-refractivity contribution in [1.29, 1.82) is 0 Å². The van der Waals surface area contributed by atoms with Gasteiger partial charge in [0.2, 0.25) is 21.8 Å². The number of carboxylic acid groups (broad SMARTS) is 1.